The number of nitrogens with zero attached hydrogens (tertiary/aromatic N) is 2. The lowest BCUT2D eigenvalue weighted by Gasteiger charge is -2.11. The van der Waals surface area contributed by atoms with Crippen molar-refractivity contribution < 1.29 is 0 Å². The Morgan fingerprint density at radius 1 is 0.957 bits per heavy atom. The Kier molecular flexibility index (Phi) is 4.74. The molecule has 0 spiro atoms. The van der Waals surface area contributed by atoms with Gasteiger partial charge in [0.05, 0.1) is 0 Å². The molecule has 1 aromatic heterocycles. The highest BCUT2D eigenvalue weighted by Gasteiger charge is 2.03. The number of aromatic nitrogens is 2. The number of aryl methyl sites for hydroxylation is 1. The van der Waals surface area contributed by atoms with Crippen molar-refractivity contribution in [2.24, 2.45) is 0 Å². The molecular formula is C18H17ClN4. The second kappa shape index (κ2) is 7.11. The van der Waals surface area contributed by atoms with Gasteiger partial charge in [-0.25, -0.2) is 9.97 Å². The highest BCUT2D eigenvalue weighted by atomic mass is 35.5. The molecule has 0 radical (unpaired) electrons. The van der Waals surface area contributed by atoms with Gasteiger partial charge in [0.15, 0.2) is 0 Å². The zero-order valence-corrected chi connectivity index (χ0v) is 13.5. The summed E-state index contributed by atoms with van der Waals surface area (Å²) < 4.78 is 0. The minimum atomic E-state index is 0.612. The first-order valence-electron chi connectivity index (χ1n) is 7.34. The molecule has 0 saturated carbocycles. The van der Waals surface area contributed by atoms with Crippen molar-refractivity contribution in [2.75, 3.05) is 10.6 Å². The average molecular weight is 325 g/mol. The predicted molar refractivity (Wildman–Crippen MR) is 95.3 cm³/mol. The average Bonchev–Trinajstić information content (AvgIpc) is 2.57. The summed E-state index contributed by atoms with van der Waals surface area (Å²) in [4.78, 5) is 8.50. The maximum Gasteiger partial charge on any atom is 0.135 e. The summed E-state index contributed by atoms with van der Waals surface area (Å²) in [5.74, 6) is 1.49. The lowest BCUT2D eigenvalue weighted by atomic mass is 10.2. The zero-order chi connectivity index (χ0) is 16.1. The van der Waals surface area contributed by atoms with Crippen LogP contribution in [0.3, 0.4) is 0 Å². The van der Waals surface area contributed by atoms with Gasteiger partial charge in [0.25, 0.3) is 0 Å². The van der Waals surface area contributed by atoms with E-state index in [-0.39, 0.29) is 0 Å². The zero-order valence-electron chi connectivity index (χ0n) is 12.8. The second-order valence-corrected chi connectivity index (χ2v) is 5.58. The lowest BCUT2D eigenvalue weighted by Crippen LogP contribution is -2.03. The molecule has 5 heteroatoms. The lowest BCUT2D eigenvalue weighted by molar-refractivity contribution is 1.08. The fourth-order valence-corrected chi connectivity index (χ4v) is 2.40. The van der Waals surface area contributed by atoms with Gasteiger partial charge in [-0.15, -0.1) is 0 Å². The number of nitrogens with one attached hydrogen (secondary N) is 2. The minimum absolute atomic E-state index is 0.612. The van der Waals surface area contributed by atoms with Gasteiger partial charge < -0.3 is 10.6 Å². The van der Waals surface area contributed by atoms with E-state index in [0.717, 1.165) is 33.5 Å². The molecule has 1 heterocycles. The highest BCUT2D eigenvalue weighted by molar-refractivity contribution is 6.31. The molecule has 0 saturated heterocycles. The van der Waals surface area contributed by atoms with Gasteiger partial charge in [-0.3, -0.25) is 0 Å². The van der Waals surface area contributed by atoms with Gasteiger partial charge in [0.2, 0.25) is 0 Å². The fourth-order valence-electron chi connectivity index (χ4n) is 2.20. The number of hydrogen-bond donors (Lipinski definition) is 2. The van der Waals surface area contributed by atoms with Crippen LogP contribution in [-0.2, 0) is 6.54 Å². The molecule has 0 aliphatic rings. The molecule has 0 atom stereocenters. The molecule has 2 N–H and O–H groups in total. The largest absolute Gasteiger partial charge is 0.366 e. The van der Waals surface area contributed by atoms with Crippen LogP contribution in [0, 0.1) is 6.92 Å². The van der Waals surface area contributed by atoms with E-state index in [1.54, 1.807) is 0 Å². The van der Waals surface area contributed by atoms with Crippen molar-refractivity contribution in [1.82, 2.24) is 9.97 Å². The maximum absolute atomic E-state index is 6.16. The van der Waals surface area contributed by atoms with Crippen molar-refractivity contribution in [3.8, 4) is 0 Å². The number of anilines is 3. The number of halogens is 1. The van der Waals surface area contributed by atoms with Crippen molar-refractivity contribution in [3.05, 3.63) is 77.1 Å². The van der Waals surface area contributed by atoms with Crippen molar-refractivity contribution >= 4 is 28.9 Å². The van der Waals surface area contributed by atoms with Crippen molar-refractivity contribution in [1.29, 1.82) is 0 Å². The van der Waals surface area contributed by atoms with Crippen LogP contribution in [0.25, 0.3) is 0 Å². The molecule has 116 valence electrons. The van der Waals surface area contributed by atoms with E-state index >= 15 is 0 Å². The summed E-state index contributed by atoms with van der Waals surface area (Å²) in [6.45, 7) is 2.67. The van der Waals surface area contributed by atoms with E-state index in [4.69, 9.17) is 11.6 Å². The Morgan fingerprint density at radius 2 is 1.70 bits per heavy atom. The van der Waals surface area contributed by atoms with Gasteiger partial charge >= 0.3 is 0 Å². The van der Waals surface area contributed by atoms with Crippen molar-refractivity contribution in [3.63, 3.8) is 0 Å². The summed E-state index contributed by atoms with van der Waals surface area (Å²) in [5, 5.41) is 7.31. The Labute approximate surface area is 140 Å². The molecule has 23 heavy (non-hydrogen) atoms. The predicted octanol–water partition coefficient (Wildman–Crippen LogP) is 4.79. The molecule has 2 aromatic carbocycles. The number of rotatable bonds is 5. The van der Waals surface area contributed by atoms with Crippen LogP contribution in [0.1, 0.15) is 11.1 Å². The third kappa shape index (κ3) is 3.99. The second-order valence-electron chi connectivity index (χ2n) is 5.17. The molecule has 0 fully saturated rings. The molecule has 0 amide bonds. The van der Waals surface area contributed by atoms with Gasteiger partial charge in [-0.1, -0.05) is 48.0 Å². The third-order valence-corrected chi connectivity index (χ3v) is 3.86. The van der Waals surface area contributed by atoms with Crippen LogP contribution in [-0.4, -0.2) is 9.97 Å². The molecule has 3 rings (SSSR count). The van der Waals surface area contributed by atoms with Gasteiger partial charge in [-0.2, -0.15) is 0 Å². The maximum atomic E-state index is 6.16. The summed E-state index contributed by atoms with van der Waals surface area (Å²) in [7, 11) is 0. The first kappa shape index (κ1) is 15.3. The van der Waals surface area contributed by atoms with Crippen LogP contribution in [0.2, 0.25) is 5.02 Å². The van der Waals surface area contributed by atoms with Crippen LogP contribution < -0.4 is 10.6 Å². The molecule has 0 bridgehead atoms. The molecule has 0 aliphatic heterocycles. The Hall–Kier alpha value is -2.59. The van der Waals surface area contributed by atoms with Gasteiger partial charge in [-0.05, 0) is 30.2 Å². The van der Waals surface area contributed by atoms with E-state index in [1.807, 2.05) is 48.5 Å². The Morgan fingerprint density at radius 3 is 2.52 bits per heavy atom. The van der Waals surface area contributed by atoms with E-state index in [2.05, 4.69) is 33.6 Å². The van der Waals surface area contributed by atoms with Crippen molar-refractivity contribution in [2.45, 2.75) is 13.5 Å². The quantitative estimate of drug-likeness (QED) is 0.708. The first-order valence-corrected chi connectivity index (χ1v) is 7.72. The normalized spacial score (nSPS) is 10.3. The number of benzene rings is 2. The molecule has 4 nitrogen and oxygen atoms in total. The van der Waals surface area contributed by atoms with Crippen LogP contribution in [0.4, 0.5) is 17.3 Å². The molecular weight excluding hydrogens is 308 g/mol. The van der Waals surface area contributed by atoms with E-state index in [1.165, 1.54) is 6.33 Å². The summed E-state index contributed by atoms with van der Waals surface area (Å²) >= 11 is 6.16. The van der Waals surface area contributed by atoms with Gasteiger partial charge in [0, 0.05) is 23.3 Å². The minimum Gasteiger partial charge on any atom is -0.366 e. The summed E-state index contributed by atoms with van der Waals surface area (Å²) in [5.41, 5.74) is 3.22. The number of para-hydroxylation sites is 1. The topological polar surface area (TPSA) is 49.8 Å². The van der Waals surface area contributed by atoms with Gasteiger partial charge in [0.1, 0.15) is 18.0 Å². The Balaban J connectivity index is 1.70. The monoisotopic (exact) mass is 324 g/mol. The standard InChI is InChI=1S/C18H17ClN4/c1-13-6-2-5-9-16(13)23-18-10-17(21-12-22-18)20-11-14-7-3-4-8-15(14)19/h2-10,12H,11H2,1H3,(H2,20,21,22,23). The molecule has 0 aliphatic carbocycles. The summed E-state index contributed by atoms with van der Waals surface area (Å²) in [6.07, 6.45) is 1.54. The fraction of sp³-hybridized carbons (Fsp3) is 0.111. The molecule has 3 aromatic rings. The van der Waals surface area contributed by atoms with E-state index in [0.29, 0.717) is 6.54 Å². The first-order chi connectivity index (χ1) is 11.2. The third-order valence-electron chi connectivity index (χ3n) is 3.49. The molecule has 0 unspecified atom stereocenters. The van der Waals surface area contributed by atoms with E-state index in [9.17, 15) is 0 Å². The van der Waals surface area contributed by atoms with Crippen LogP contribution in [0.15, 0.2) is 60.9 Å². The van der Waals surface area contributed by atoms with E-state index < -0.39 is 0 Å². The number of hydrogen-bond acceptors (Lipinski definition) is 4. The SMILES string of the molecule is Cc1ccccc1Nc1cc(NCc2ccccc2Cl)ncn1. The Bertz CT molecular complexity index is 804. The smallest absolute Gasteiger partial charge is 0.135 e. The summed E-state index contributed by atoms with van der Waals surface area (Å²) in [6, 6.07) is 17.7. The van der Waals surface area contributed by atoms with Crippen LogP contribution >= 0.6 is 11.6 Å². The van der Waals surface area contributed by atoms with Crippen LogP contribution in [0.5, 0.6) is 0 Å². The highest BCUT2D eigenvalue weighted by Crippen LogP contribution is 2.20.